The van der Waals surface area contributed by atoms with Crippen LogP contribution < -0.4 is 10.6 Å². The van der Waals surface area contributed by atoms with Gasteiger partial charge in [0.05, 0.1) is 23.5 Å². The Labute approximate surface area is 146 Å². The fraction of sp³-hybridized carbons (Fsp3) is 0.176. The molecule has 0 saturated carbocycles. The maximum atomic E-state index is 14.2. The van der Waals surface area contributed by atoms with E-state index >= 15 is 0 Å². The van der Waals surface area contributed by atoms with Crippen molar-refractivity contribution in [1.82, 2.24) is 5.32 Å². The average Bonchev–Trinajstić information content (AvgIpc) is 2.58. The third kappa shape index (κ3) is 4.12. The molecule has 9 heteroatoms. The highest BCUT2D eigenvalue weighted by Crippen LogP contribution is 2.28. The maximum Gasteiger partial charge on any atom is 0.328 e. The number of benzene rings is 2. The van der Waals surface area contributed by atoms with E-state index < -0.39 is 53.2 Å². The Morgan fingerprint density at radius 1 is 1.12 bits per heavy atom. The third-order valence-electron chi connectivity index (χ3n) is 3.51. The second kappa shape index (κ2) is 7.87. The molecule has 0 bridgehead atoms. The molecule has 138 valence electrons. The van der Waals surface area contributed by atoms with Crippen LogP contribution in [-0.2, 0) is 4.79 Å². The van der Waals surface area contributed by atoms with Crippen molar-refractivity contribution in [1.29, 1.82) is 0 Å². The van der Waals surface area contributed by atoms with Gasteiger partial charge in [0.1, 0.15) is 5.82 Å². The summed E-state index contributed by atoms with van der Waals surface area (Å²) in [5.74, 6) is -6.07. The van der Waals surface area contributed by atoms with Crippen molar-refractivity contribution < 1.29 is 33.0 Å². The molecule has 0 fully saturated rings. The van der Waals surface area contributed by atoms with Gasteiger partial charge < -0.3 is 20.8 Å². The van der Waals surface area contributed by atoms with Crippen molar-refractivity contribution in [2.45, 2.75) is 13.0 Å². The molecule has 2 aromatic rings. The van der Waals surface area contributed by atoms with Crippen LogP contribution in [0.25, 0.3) is 0 Å². The van der Waals surface area contributed by atoms with E-state index in [2.05, 4.69) is 5.32 Å². The first-order chi connectivity index (χ1) is 12.2. The summed E-state index contributed by atoms with van der Waals surface area (Å²) < 4.78 is 41.7. The van der Waals surface area contributed by atoms with Crippen LogP contribution in [0, 0.1) is 24.4 Å². The number of carboxylic acid groups (broad SMARTS) is 1. The predicted molar refractivity (Wildman–Crippen MR) is 86.8 cm³/mol. The van der Waals surface area contributed by atoms with Crippen molar-refractivity contribution in [3.8, 4) is 0 Å². The zero-order valence-corrected chi connectivity index (χ0v) is 13.5. The van der Waals surface area contributed by atoms with Crippen LogP contribution in [-0.4, -0.2) is 34.7 Å². The summed E-state index contributed by atoms with van der Waals surface area (Å²) in [5, 5.41) is 22.1. The molecule has 0 aliphatic carbocycles. The van der Waals surface area contributed by atoms with E-state index in [1.165, 1.54) is 12.1 Å². The molecular weight excluding hydrogens is 353 g/mol. The standard InChI is InChI=1S/C17H15F3N2O4/c1-8-2-5-12(11(19)6-8)21-15-9(3-4-10(18)14(15)20)16(24)22-13(7-23)17(25)26/h2-6,13,21,23H,7H2,1H3,(H,22,24)(H,25,26)/t13-/m1/s1. The second-order valence-electron chi connectivity index (χ2n) is 5.44. The smallest absolute Gasteiger partial charge is 0.328 e. The summed E-state index contributed by atoms with van der Waals surface area (Å²) in [6.07, 6.45) is 0. The molecule has 4 N–H and O–H groups in total. The van der Waals surface area contributed by atoms with Gasteiger partial charge in [-0.3, -0.25) is 4.79 Å². The molecule has 2 aromatic carbocycles. The predicted octanol–water partition coefficient (Wildman–Crippen LogP) is 2.33. The number of hydrogen-bond donors (Lipinski definition) is 4. The summed E-state index contributed by atoms with van der Waals surface area (Å²) >= 11 is 0. The number of aliphatic hydroxyl groups excluding tert-OH is 1. The van der Waals surface area contributed by atoms with Gasteiger partial charge in [0, 0.05) is 0 Å². The monoisotopic (exact) mass is 368 g/mol. The molecule has 0 spiro atoms. The Hall–Kier alpha value is -3.07. The molecular formula is C17H15F3N2O4. The molecule has 0 saturated heterocycles. The van der Waals surface area contributed by atoms with Crippen LogP contribution in [0.3, 0.4) is 0 Å². The number of nitrogens with one attached hydrogen (secondary N) is 2. The van der Waals surface area contributed by atoms with Crippen molar-refractivity contribution in [2.75, 3.05) is 11.9 Å². The number of aryl methyl sites for hydroxylation is 1. The van der Waals surface area contributed by atoms with E-state index in [9.17, 15) is 22.8 Å². The fourth-order valence-electron chi connectivity index (χ4n) is 2.14. The highest BCUT2D eigenvalue weighted by Gasteiger charge is 2.24. The van der Waals surface area contributed by atoms with Gasteiger partial charge in [-0.2, -0.15) is 0 Å². The maximum absolute atomic E-state index is 14.2. The summed E-state index contributed by atoms with van der Waals surface area (Å²) in [6, 6.07) is 3.91. The quantitative estimate of drug-likeness (QED) is 0.627. The van der Waals surface area contributed by atoms with Gasteiger partial charge in [-0.15, -0.1) is 0 Å². The zero-order valence-electron chi connectivity index (χ0n) is 13.5. The van der Waals surface area contributed by atoms with E-state index in [1.807, 2.05) is 5.32 Å². The first-order valence-corrected chi connectivity index (χ1v) is 7.40. The van der Waals surface area contributed by atoms with E-state index in [0.29, 0.717) is 11.6 Å². The van der Waals surface area contributed by atoms with Gasteiger partial charge in [0.2, 0.25) is 0 Å². The van der Waals surface area contributed by atoms with Gasteiger partial charge >= 0.3 is 5.97 Å². The molecule has 1 atom stereocenters. The Morgan fingerprint density at radius 3 is 2.38 bits per heavy atom. The van der Waals surface area contributed by atoms with E-state index in [0.717, 1.165) is 12.1 Å². The average molecular weight is 368 g/mol. The third-order valence-corrected chi connectivity index (χ3v) is 3.51. The lowest BCUT2D eigenvalue weighted by Crippen LogP contribution is -2.43. The van der Waals surface area contributed by atoms with Crippen molar-refractivity contribution >= 4 is 23.3 Å². The van der Waals surface area contributed by atoms with Crippen LogP contribution in [0.4, 0.5) is 24.5 Å². The number of hydrogen-bond acceptors (Lipinski definition) is 4. The number of carbonyl (C=O) groups is 2. The Morgan fingerprint density at radius 2 is 1.81 bits per heavy atom. The summed E-state index contributed by atoms with van der Waals surface area (Å²) in [4.78, 5) is 23.1. The van der Waals surface area contributed by atoms with Gasteiger partial charge in [0.25, 0.3) is 5.91 Å². The Kier molecular flexibility index (Phi) is 5.83. The normalized spacial score (nSPS) is 11.7. The molecule has 6 nitrogen and oxygen atoms in total. The minimum atomic E-state index is -1.64. The van der Waals surface area contributed by atoms with Gasteiger partial charge in [-0.1, -0.05) is 6.07 Å². The van der Waals surface area contributed by atoms with Crippen LogP contribution in [0.2, 0.25) is 0 Å². The zero-order chi connectivity index (χ0) is 19.4. The molecule has 0 aromatic heterocycles. The highest BCUT2D eigenvalue weighted by atomic mass is 19.2. The number of aliphatic carboxylic acids is 1. The second-order valence-corrected chi connectivity index (χ2v) is 5.44. The minimum absolute atomic E-state index is 0.203. The molecule has 0 aliphatic rings. The number of rotatable bonds is 6. The molecule has 26 heavy (non-hydrogen) atoms. The van der Waals surface area contributed by atoms with Crippen LogP contribution >= 0.6 is 0 Å². The fourth-order valence-corrected chi connectivity index (χ4v) is 2.14. The number of aliphatic hydroxyl groups is 1. The number of halogens is 3. The van der Waals surface area contributed by atoms with Crippen molar-refractivity contribution in [3.05, 3.63) is 58.9 Å². The van der Waals surface area contributed by atoms with E-state index in [-0.39, 0.29) is 5.69 Å². The summed E-state index contributed by atoms with van der Waals surface area (Å²) in [7, 11) is 0. The number of amides is 1. The van der Waals surface area contributed by atoms with Gasteiger partial charge in [0.15, 0.2) is 17.7 Å². The molecule has 0 unspecified atom stereocenters. The molecule has 1 amide bonds. The molecule has 2 rings (SSSR count). The summed E-state index contributed by atoms with van der Waals surface area (Å²) in [5.41, 5.74) is -0.722. The van der Waals surface area contributed by atoms with Crippen molar-refractivity contribution in [2.24, 2.45) is 0 Å². The highest BCUT2D eigenvalue weighted by molar-refractivity contribution is 6.02. The van der Waals surface area contributed by atoms with Gasteiger partial charge in [-0.05, 0) is 36.8 Å². The lowest BCUT2D eigenvalue weighted by Gasteiger charge is -2.16. The van der Waals surface area contributed by atoms with Crippen LogP contribution in [0.5, 0.6) is 0 Å². The van der Waals surface area contributed by atoms with Gasteiger partial charge in [-0.25, -0.2) is 18.0 Å². The number of anilines is 2. The molecule has 0 heterocycles. The molecule has 0 aliphatic heterocycles. The topological polar surface area (TPSA) is 98.7 Å². The lowest BCUT2D eigenvalue weighted by atomic mass is 10.1. The van der Waals surface area contributed by atoms with Crippen molar-refractivity contribution in [3.63, 3.8) is 0 Å². The number of carbonyl (C=O) groups excluding carboxylic acids is 1. The van der Waals surface area contributed by atoms with E-state index in [4.69, 9.17) is 10.2 Å². The van der Waals surface area contributed by atoms with Crippen LogP contribution in [0.1, 0.15) is 15.9 Å². The Bertz CT molecular complexity index is 858. The largest absolute Gasteiger partial charge is 0.480 e. The summed E-state index contributed by atoms with van der Waals surface area (Å²) in [6.45, 7) is 0.732. The SMILES string of the molecule is Cc1ccc(Nc2c(C(=O)N[C@H](CO)C(=O)O)ccc(F)c2F)c(F)c1. The first-order valence-electron chi connectivity index (χ1n) is 7.40. The minimum Gasteiger partial charge on any atom is -0.480 e. The van der Waals surface area contributed by atoms with E-state index in [1.54, 1.807) is 6.92 Å². The number of carboxylic acids is 1. The Balaban J connectivity index is 2.43. The first kappa shape index (κ1) is 19.3. The molecule has 0 radical (unpaired) electrons. The lowest BCUT2D eigenvalue weighted by molar-refractivity contribution is -0.140. The van der Waals surface area contributed by atoms with Crippen LogP contribution in [0.15, 0.2) is 30.3 Å².